The van der Waals surface area contributed by atoms with Gasteiger partial charge in [-0.1, -0.05) is 30.3 Å². The van der Waals surface area contributed by atoms with Crippen LogP contribution in [0.1, 0.15) is 40.7 Å². The van der Waals surface area contributed by atoms with Crippen LogP contribution in [0.25, 0.3) is 21.9 Å². The van der Waals surface area contributed by atoms with Gasteiger partial charge in [-0.15, -0.1) is 0 Å². The zero-order valence-electron chi connectivity index (χ0n) is 22.7. The van der Waals surface area contributed by atoms with Crippen LogP contribution in [0.4, 0.5) is 0 Å². The van der Waals surface area contributed by atoms with E-state index >= 15 is 0 Å². The molecule has 0 radical (unpaired) electrons. The number of furan rings is 1. The fourth-order valence-corrected chi connectivity index (χ4v) is 5.57. The molecule has 2 aromatic carbocycles. The van der Waals surface area contributed by atoms with Crippen LogP contribution in [0.15, 0.2) is 56.3 Å². The fourth-order valence-electron chi connectivity index (χ4n) is 4.55. The van der Waals surface area contributed by atoms with Crippen LogP contribution in [0, 0.1) is 20.8 Å². The number of rotatable bonds is 12. The van der Waals surface area contributed by atoms with Crippen molar-refractivity contribution in [1.82, 2.24) is 10.6 Å². The molecule has 2 amide bonds. The molecule has 0 spiro atoms. The van der Waals surface area contributed by atoms with E-state index in [1.54, 1.807) is 13.2 Å². The second-order valence-corrected chi connectivity index (χ2v) is 10.8. The molecule has 3 N–H and O–H groups in total. The Bertz CT molecular complexity index is 1610. The highest BCUT2D eigenvalue weighted by molar-refractivity contribution is 7.98. The third kappa shape index (κ3) is 6.74. The summed E-state index contributed by atoms with van der Waals surface area (Å²) in [6.45, 7) is 5.72. The number of hydrogen-bond acceptors (Lipinski definition) is 7. The number of amides is 2. The van der Waals surface area contributed by atoms with Crippen molar-refractivity contribution in [3.63, 3.8) is 0 Å². The lowest BCUT2D eigenvalue weighted by Crippen LogP contribution is -2.49. The second-order valence-electron chi connectivity index (χ2n) is 9.75. The molecule has 4 aromatic rings. The van der Waals surface area contributed by atoms with Gasteiger partial charge in [0.1, 0.15) is 17.2 Å². The van der Waals surface area contributed by atoms with Gasteiger partial charge in [-0.05, 0) is 49.9 Å². The Hall–Kier alpha value is -4.05. The fraction of sp³-hybridized carbons (Fsp3) is 0.333. The van der Waals surface area contributed by atoms with Gasteiger partial charge < -0.3 is 24.6 Å². The van der Waals surface area contributed by atoms with Crippen LogP contribution in [-0.2, 0) is 26.6 Å². The highest BCUT2D eigenvalue weighted by Crippen LogP contribution is 2.32. The van der Waals surface area contributed by atoms with Crippen LogP contribution in [0.2, 0.25) is 0 Å². The predicted molar refractivity (Wildman–Crippen MR) is 155 cm³/mol. The van der Waals surface area contributed by atoms with Gasteiger partial charge in [0.15, 0.2) is 0 Å². The zero-order chi connectivity index (χ0) is 28.8. The number of carboxylic acids is 1. The van der Waals surface area contributed by atoms with Crippen LogP contribution in [0.5, 0.6) is 0 Å². The lowest BCUT2D eigenvalue weighted by molar-refractivity contribution is -0.137. The van der Waals surface area contributed by atoms with Gasteiger partial charge in [0.25, 0.3) is 0 Å². The third-order valence-electron chi connectivity index (χ3n) is 6.79. The number of hydrogen-bond donors (Lipinski definition) is 3. The first-order chi connectivity index (χ1) is 19.2. The summed E-state index contributed by atoms with van der Waals surface area (Å²) in [4.78, 5) is 49.8. The quantitative estimate of drug-likeness (QED) is 0.170. The summed E-state index contributed by atoms with van der Waals surface area (Å²) < 4.78 is 11.3. The molecule has 0 saturated carbocycles. The Morgan fingerprint density at radius 1 is 1.02 bits per heavy atom. The van der Waals surface area contributed by atoms with Crippen molar-refractivity contribution in [3.05, 3.63) is 80.9 Å². The van der Waals surface area contributed by atoms with E-state index in [1.165, 1.54) is 11.8 Å². The molecule has 1 atom stereocenters. The van der Waals surface area contributed by atoms with Gasteiger partial charge in [-0.2, -0.15) is 11.8 Å². The molecule has 0 fully saturated rings. The van der Waals surface area contributed by atoms with Gasteiger partial charge in [-0.3, -0.25) is 14.4 Å². The molecule has 10 heteroatoms. The van der Waals surface area contributed by atoms with E-state index < -0.39 is 29.5 Å². The topological polar surface area (TPSA) is 139 Å². The van der Waals surface area contributed by atoms with Crippen LogP contribution in [0.3, 0.4) is 0 Å². The van der Waals surface area contributed by atoms with Gasteiger partial charge in [0, 0.05) is 40.8 Å². The molecule has 0 saturated heterocycles. The Morgan fingerprint density at radius 3 is 2.50 bits per heavy atom. The number of fused-ring (bicyclic) bond motifs is 2. The van der Waals surface area contributed by atoms with Gasteiger partial charge in [0.2, 0.25) is 11.8 Å². The largest absolute Gasteiger partial charge is 0.481 e. The van der Waals surface area contributed by atoms with E-state index in [0.29, 0.717) is 33.8 Å². The van der Waals surface area contributed by atoms with Crippen molar-refractivity contribution in [2.24, 2.45) is 0 Å². The highest BCUT2D eigenvalue weighted by atomic mass is 32.2. The lowest BCUT2D eigenvalue weighted by atomic mass is 9.99. The van der Waals surface area contributed by atoms with Crippen LogP contribution >= 0.6 is 11.8 Å². The van der Waals surface area contributed by atoms with E-state index in [9.17, 15) is 19.2 Å². The Morgan fingerprint density at radius 2 is 1.77 bits per heavy atom. The number of aliphatic carboxylic acids is 1. The number of carboxylic acid groups (broad SMARTS) is 1. The SMILES string of the molecule is Cc1coc2c(C)c3oc(=O)c(CC(=O)N[C@@H](CSCc4ccccc4)C(=O)NCCCC(=O)O)c(C)c3cc12. The molecule has 9 nitrogen and oxygen atoms in total. The lowest BCUT2D eigenvalue weighted by Gasteiger charge is -2.19. The maximum Gasteiger partial charge on any atom is 0.340 e. The number of carbonyl (C=O) groups is 3. The average molecular weight is 565 g/mol. The predicted octanol–water partition coefficient (Wildman–Crippen LogP) is 4.41. The highest BCUT2D eigenvalue weighted by Gasteiger charge is 2.24. The summed E-state index contributed by atoms with van der Waals surface area (Å²) in [5.41, 5.74) is 4.08. The van der Waals surface area contributed by atoms with Crippen molar-refractivity contribution in [2.75, 3.05) is 12.3 Å². The second kappa shape index (κ2) is 12.9. The summed E-state index contributed by atoms with van der Waals surface area (Å²) in [5.74, 6) is -0.893. The third-order valence-corrected chi connectivity index (χ3v) is 7.89. The van der Waals surface area contributed by atoms with Gasteiger partial charge in [-0.25, -0.2) is 4.79 Å². The van der Waals surface area contributed by atoms with E-state index in [0.717, 1.165) is 21.9 Å². The molecule has 0 bridgehead atoms. The van der Waals surface area contributed by atoms with Crippen molar-refractivity contribution >= 4 is 51.5 Å². The van der Waals surface area contributed by atoms with Gasteiger partial charge in [0.05, 0.1) is 18.2 Å². The summed E-state index contributed by atoms with van der Waals surface area (Å²) in [7, 11) is 0. The Labute approximate surface area is 235 Å². The first-order valence-corrected chi connectivity index (χ1v) is 14.2. The summed E-state index contributed by atoms with van der Waals surface area (Å²) in [6, 6.07) is 10.8. The summed E-state index contributed by atoms with van der Waals surface area (Å²) in [6.07, 6.45) is 1.61. The molecule has 0 aliphatic carbocycles. The number of carbonyl (C=O) groups excluding carboxylic acids is 2. The first kappa shape index (κ1) is 28.9. The van der Waals surface area contributed by atoms with Crippen molar-refractivity contribution in [3.8, 4) is 0 Å². The van der Waals surface area contributed by atoms with Gasteiger partial charge >= 0.3 is 11.6 Å². The number of aryl methyl sites for hydroxylation is 3. The number of thioether (sulfide) groups is 1. The van der Waals surface area contributed by atoms with E-state index in [1.807, 2.05) is 50.2 Å². The normalized spacial score (nSPS) is 12.0. The molecule has 0 unspecified atom stereocenters. The van der Waals surface area contributed by atoms with Crippen LogP contribution < -0.4 is 16.3 Å². The van der Waals surface area contributed by atoms with Crippen LogP contribution in [-0.4, -0.2) is 41.2 Å². The minimum atomic E-state index is -0.944. The van der Waals surface area contributed by atoms with Crippen molar-refractivity contribution in [2.45, 2.75) is 51.8 Å². The smallest absolute Gasteiger partial charge is 0.340 e. The first-order valence-electron chi connectivity index (χ1n) is 13.0. The van der Waals surface area contributed by atoms with Crippen molar-refractivity contribution in [1.29, 1.82) is 0 Å². The minimum absolute atomic E-state index is 0.0683. The summed E-state index contributed by atoms with van der Waals surface area (Å²) in [5, 5.41) is 16.0. The zero-order valence-corrected chi connectivity index (χ0v) is 23.5. The maximum atomic E-state index is 13.1. The minimum Gasteiger partial charge on any atom is -0.481 e. The molecule has 210 valence electrons. The molecular formula is C30H32N2O7S. The van der Waals surface area contributed by atoms with E-state index in [2.05, 4.69) is 10.6 Å². The average Bonchev–Trinajstić information content (AvgIpc) is 3.30. The number of nitrogens with one attached hydrogen (secondary N) is 2. The number of benzene rings is 2. The van der Waals surface area contributed by atoms with E-state index in [-0.39, 0.29) is 31.4 Å². The molecule has 0 aliphatic heterocycles. The Kier molecular flexibility index (Phi) is 9.31. The monoisotopic (exact) mass is 564 g/mol. The summed E-state index contributed by atoms with van der Waals surface area (Å²) >= 11 is 1.49. The Balaban J connectivity index is 1.51. The molecular weight excluding hydrogens is 532 g/mol. The van der Waals surface area contributed by atoms with E-state index in [4.69, 9.17) is 13.9 Å². The molecule has 40 heavy (non-hydrogen) atoms. The maximum absolute atomic E-state index is 13.1. The van der Waals surface area contributed by atoms with Crippen molar-refractivity contribution < 1.29 is 28.3 Å². The molecule has 0 aliphatic rings. The molecule has 2 aromatic heterocycles. The standard InChI is InChI=1S/C30H32N2O7S/c1-17-14-38-27-19(3)28-22(12-21(17)27)18(2)23(30(37)39-28)13-25(33)32-24(29(36)31-11-7-10-26(34)35)16-40-15-20-8-5-4-6-9-20/h4-6,8-9,12,14,24H,7,10-11,13,15-16H2,1-3H3,(H,31,36)(H,32,33)(H,34,35)/t24-/m0/s1. The molecule has 2 heterocycles. The molecule has 4 rings (SSSR count).